The Morgan fingerprint density at radius 1 is 1.12 bits per heavy atom. The molecule has 1 N–H and O–H groups in total. The van der Waals surface area contributed by atoms with Crippen LogP contribution in [0.15, 0.2) is 60.8 Å². The summed E-state index contributed by atoms with van der Waals surface area (Å²) in [6.45, 7) is 2.78. The number of hydrogen-bond donors (Lipinski definition) is 1. The highest BCUT2D eigenvalue weighted by atomic mass is 19.3. The average Bonchev–Trinajstić information content (AvgIpc) is 3.52. The molecule has 0 radical (unpaired) electrons. The summed E-state index contributed by atoms with van der Waals surface area (Å²) in [5, 5.41) is 10.0. The molecule has 214 valence electrons. The van der Waals surface area contributed by atoms with Gasteiger partial charge in [0.15, 0.2) is 0 Å². The van der Waals surface area contributed by atoms with Crippen molar-refractivity contribution in [3.63, 3.8) is 0 Å². The van der Waals surface area contributed by atoms with E-state index in [2.05, 4.69) is 9.55 Å². The Morgan fingerprint density at radius 2 is 1.98 bits per heavy atom. The molecule has 0 amide bonds. The van der Waals surface area contributed by atoms with Gasteiger partial charge in [0, 0.05) is 43.4 Å². The number of aromatic nitrogens is 3. The van der Waals surface area contributed by atoms with Crippen molar-refractivity contribution in [2.24, 2.45) is 5.92 Å². The van der Waals surface area contributed by atoms with Crippen LogP contribution in [0.4, 0.5) is 14.5 Å². The second kappa shape index (κ2) is 11.1. The van der Waals surface area contributed by atoms with Gasteiger partial charge in [-0.15, -0.1) is 0 Å². The first-order valence-electron chi connectivity index (χ1n) is 14.2. The molecule has 0 unspecified atom stereocenters. The largest absolute Gasteiger partial charge is 0.487 e. The highest BCUT2D eigenvalue weighted by molar-refractivity contribution is 5.79. The Balaban J connectivity index is 1.36. The Labute approximate surface area is 237 Å². The van der Waals surface area contributed by atoms with Crippen molar-refractivity contribution in [3.05, 3.63) is 83.4 Å². The Kier molecular flexibility index (Phi) is 7.36. The van der Waals surface area contributed by atoms with Gasteiger partial charge in [-0.25, -0.2) is 13.8 Å². The lowest BCUT2D eigenvalue weighted by Crippen LogP contribution is -2.28. The lowest BCUT2D eigenvalue weighted by molar-refractivity contribution is -0.143. The van der Waals surface area contributed by atoms with E-state index in [0.717, 1.165) is 58.6 Å². The minimum absolute atomic E-state index is 0.146. The molecule has 2 aromatic heterocycles. The normalized spacial score (nSPS) is 20.4. The van der Waals surface area contributed by atoms with Gasteiger partial charge in [0.2, 0.25) is 0 Å². The lowest BCUT2D eigenvalue weighted by atomic mass is 9.78. The van der Waals surface area contributed by atoms with E-state index in [1.54, 1.807) is 4.90 Å². The number of carboxylic acid groups (broad SMARTS) is 1. The van der Waals surface area contributed by atoms with Crippen LogP contribution < -0.4 is 9.64 Å². The van der Waals surface area contributed by atoms with Gasteiger partial charge in [0.25, 0.3) is 5.92 Å². The van der Waals surface area contributed by atoms with Crippen molar-refractivity contribution >= 4 is 22.7 Å². The van der Waals surface area contributed by atoms with E-state index in [4.69, 9.17) is 9.72 Å². The number of pyridine rings is 1. The molecule has 0 bridgehead atoms. The van der Waals surface area contributed by atoms with Gasteiger partial charge in [-0.3, -0.25) is 9.78 Å². The molecule has 41 heavy (non-hydrogen) atoms. The van der Waals surface area contributed by atoms with Crippen LogP contribution in [0.25, 0.3) is 11.0 Å². The summed E-state index contributed by atoms with van der Waals surface area (Å²) >= 11 is 0. The molecule has 9 heteroatoms. The topological polar surface area (TPSA) is 80.5 Å². The molecule has 7 nitrogen and oxygen atoms in total. The molecule has 3 heterocycles. The van der Waals surface area contributed by atoms with Gasteiger partial charge < -0.3 is 19.3 Å². The van der Waals surface area contributed by atoms with Crippen LogP contribution >= 0.6 is 0 Å². The number of alkyl halides is 2. The Bertz CT molecular complexity index is 1550. The van der Waals surface area contributed by atoms with Gasteiger partial charge in [-0.05, 0) is 61.2 Å². The van der Waals surface area contributed by atoms with Gasteiger partial charge in [0.1, 0.15) is 18.2 Å². The number of rotatable bonds is 8. The molecule has 4 aromatic rings. The quantitative estimate of drug-likeness (QED) is 0.263. The summed E-state index contributed by atoms with van der Waals surface area (Å²) in [6.07, 6.45) is 4.89. The van der Waals surface area contributed by atoms with E-state index in [9.17, 15) is 18.7 Å². The first-order chi connectivity index (χ1) is 19.8. The van der Waals surface area contributed by atoms with Crippen LogP contribution in [0.2, 0.25) is 0 Å². The first-order valence-corrected chi connectivity index (χ1v) is 14.2. The smallest absolute Gasteiger partial charge is 0.307 e. The molecular formula is C32H34F2N4O3. The monoisotopic (exact) mass is 560 g/mol. The van der Waals surface area contributed by atoms with Crippen LogP contribution in [-0.2, 0) is 17.9 Å². The molecule has 2 fully saturated rings. The molecule has 2 aromatic carbocycles. The third kappa shape index (κ3) is 5.89. The fourth-order valence-corrected chi connectivity index (χ4v) is 6.13. The third-order valence-electron chi connectivity index (χ3n) is 8.31. The zero-order chi connectivity index (χ0) is 28.6. The van der Waals surface area contributed by atoms with Gasteiger partial charge in [-0.2, -0.15) is 0 Å². The summed E-state index contributed by atoms with van der Waals surface area (Å²) in [4.78, 5) is 23.4. The highest BCUT2D eigenvalue weighted by Crippen LogP contribution is 2.40. The maximum Gasteiger partial charge on any atom is 0.307 e. The number of fused-ring (bicyclic) bond motifs is 1. The van der Waals surface area contributed by atoms with Crippen LogP contribution in [0.5, 0.6) is 5.75 Å². The predicted molar refractivity (Wildman–Crippen MR) is 153 cm³/mol. The minimum atomic E-state index is -2.68. The molecule has 1 saturated carbocycles. The number of carboxylic acids is 1. The molecule has 6 rings (SSSR count). The maximum atomic E-state index is 13.9. The number of anilines is 1. The molecule has 2 atom stereocenters. The number of hydrogen-bond acceptors (Lipinski definition) is 5. The number of aliphatic carboxylic acids is 1. The van der Waals surface area contributed by atoms with Crippen molar-refractivity contribution in [2.45, 2.75) is 64.0 Å². The second-order valence-corrected chi connectivity index (χ2v) is 11.4. The number of carbonyl (C=O) groups is 1. The third-order valence-corrected chi connectivity index (χ3v) is 8.31. The van der Waals surface area contributed by atoms with E-state index in [-0.39, 0.29) is 18.9 Å². The van der Waals surface area contributed by atoms with E-state index < -0.39 is 17.8 Å². The van der Waals surface area contributed by atoms with Crippen molar-refractivity contribution < 1.29 is 23.4 Å². The maximum absolute atomic E-state index is 13.9. The summed E-state index contributed by atoms with van der Waals surface area (Å²) in [6, 6.07) is 17.4. The summed E-state index contributed by atoms with van der Waals surface area (Å²) in [5.41, 5.74) is 5.22. The molecule has 1 aliphatic carbocycles. The number of halogens is 2. The number of ether oxygens (including phenoxy) is 1. The van der Waals surface area contributed by atoms with Gasteiger partial charge >= 0.3 is 5.97 Å². The second-order valence-electron chi connectivity index (χ2n) is 11.4. The van der Waals surface area contributed by atoms with Crippen molar-refractivity contribution in [1.82, 2.24) is 14.5 Å². The molecule has 2 aliphatic rings. The van der Waals surface area contributed by atoms with E-state index in [0.29, 0.717) is 31.9 Å². The Morgan fingerprint density at radius 3 is 2.73 bits per heavy atom. The van der Waals surface area contributed by atoms with Crippen LogP contribution in [0, 0.1) is 12.8 Å². The van der Waals surface area contributed by atoms with Crippen molar-refractivity contribution in [2.75, 3.05) is 18.0 Å². The molecule has 0 spiro atoms. The van der Waals surface area contributed by atoms with Crippen LogP contribution in [0.3, 0.4) is 0 Å². The summed E-state index contributed by atoms with van der Waals surface area (Å²) in [5.74, 6) is -2.77. The zero-order valence-electron chi connectivity index (χ0n) is 23.1. The minimum Gasteiger partial charge on any atom is -0.487 e. The molecule has 1 saturated heterocycles. The zero-order valence-corrected chi connectivity index (χ0v) is 23.1. The van der Waals surface area contributed by atoms with E-state index in [1.165, 1.54) is 0 Å². The fraction of sp³-hybridized carbons (Fsp3) is 0.406. The lowest BCUT2D eigenvalue weighted by Gasteiger charge is -2.28. The van der Waals surface area contributed by atoms with Crippen molar-refractivity contribution in [3.8, 4) is 5.75 Å². The van der Waals surface area contributed by atoms with Gasteiger partial charge in [0.05, 0.1) is 29.2 Å². The van der Waals surface area contributed by atoms with Crippen LogP contribution in [-0.4, -0.2) is 44.6 Å². The van der Waals surface area contributed by atoms with Gasteiger partial charge in [-0.1, -0.05) is 31.0 Å². The predicted octanol–water partition coefficient (Wildman–Crippen LogP) is 6.57. The van der Waals surface area contributed by atoms with Crippen LogP contribution in [0.1, 0.15) is 60.7 Å². The highest BCUT2D eigenvalue weighted by Gasteiger charge is 2.38. The standard InChI is InChI=1S/C32H34F2N4O3/c1-21-9-10-23(35-17-21)19-41-25-11-12-28-29(16-25)38(30(36-28)26-7-2-3-8-27(26)31(39)40)18-22-5-4-6-24(15-22)37-14-13-32(33,34)20-37/h4-6,9-12,15-17,26-27H,2-3,7-8,13-14,18-20H2,1H3,(H,39,40)/t26-,27+/m1/s1. The van der Waals surface area contributed by atoms with Crippen molar-refractivity contribution in [1.29, 1.82) is 0 Å². The number of benzene rings is 2. The Hall–Kier alpha value is -4.01. The van der Waals surface area contributed by atoms with E-state index >= 15 is 0 Å². The van der Waals surface area contributed by atoms with E-state index in [1.807, 2.05) is 67.7 Å². The molecule has 1 aliphatic heterocycles. The number of imidazole rings is 1. The molecular weight excluding hydrogens is 526 g/mol. The summed E-state index contributed by atoms with van der Waals surface area (Å²) in [7, 11) is 0. The number of nitrogens with zero attached hydrogens (tertiary/aromatic N) is 4. The average molecular weight is 561 g/mol. The number of aryl methyl sites for hydroxylation is 1. The fourth-order valence-electron chi connectivity index (χ4n) is 6.13. The summed E-state index contributed by atoms with van der Waals surface area (Å²) < 4.78 is 36.0. The first kappa shape index (κ1) is 27.2. The SMILES string of the molecule is Cc1ccc(COc2ccc3nc([C@@H]4CCCC[C@@H]4C(=O)O)n(Cc4cccc(N5CCC(F)(F)C5)c4)c3c2)nc1.